The first-order valence-electron chi connectivity index (χ1n) is 3.78. The van der Waals surface area contributed by atoms with Crippen LogP contribution in [-0.2, 0) is 5.41 Å². The molecule has 0 aromatic carbocycles. The number of rotatable bonds is 2. The van der Waals surface area contributed by atoms with Crippen LogP contribution < -0.4 is 0 Å². The zero-order chi connectivity index (χ0) is 7.03. The molecular weight excluding hydrogens is 126 g/mol. The van der Waals surface area contributed by atoms with Gasteiger partial charge in [-0.2, -0.15) is 0 Å². The second-order valence-corrected chi connectivity index (χ2v) is 3.02. The Morgan fingerprint density at radius 2 is 2.50 bits per heavy atom. The monoisotopic (exact) mass is 137 g/mol. The minimum Gasteiger partial charge on any atom is -0.364 e. The predicted octanol–water partition coefficient (Wildman–Crippen LogP) is 2.12. The molecule has 0 saturated heterocycles. The van der Waals surface area contributed by atoms with Crippen molar-refractivity contribution >= 4 is 0 Å². The van der Waals surface area contributed by atoms with Crippen LogP contribution in [0.3, 0.4) is 0 Å². The van der Waals surface area contributed by atoms with Crippen LogP contribution in [0.1, 0.15) is 31.9 Å². The van der Waals surface area contributed by atoms with E-state index in [2.05, 4.69) is 12.1 Å². The van der Waals surface area contributed by atoms with Gasteiger partial charge in [-0.1, -0.05) is 12.1 Å². The van der Waals surface area contributed by atoms with Crippen LogP contribution in [0.5, 0.6) is 0 Å². The first kappa shape index (κ1) is 5.96. The smallest absolute Gasteiger partial charge is 0.124 e. The standard InChI is InChI=1S/C8H11NO/c1-2-8(4-5-8)7-3-6-10-9-7/h3,6H,2,4-5H2,1H3. The second-order valence-electron chi connectivity index (χ2n) is 3.02. The summed E-state index contributed by atoms with van der Waals surface area (Å²) < 4.78 is 4.79. The second kappa shape index (κ2) is 1.84. The molecule has 1 aromatic heterocycles. The molecule has 0 aliphatic heterocycles. The molecule has 0 bridgehead atoms. The summed E-state index contributed by atoms with van der Waals surface area (Å²) in [6, 6.07) is 1.98. The van der Waals surface area contributed by atoms with Gasteiger partial charge in [-0.25, -0.2) is 0 Å². The van der Waals surface area contributed by atoms with Crippen molar-refractivity contribution < 1.29 is 4.52 Å². The number of aromatic nitrogens is 1. The average molecular weight is 137 g/mol. The Morgan fingerprint density at radius 1 is 1.70 bits per heavy atom. The van der Waals surface area contributed by atoms with Crippen LogP contribution in [0.25, 0.3) is 0 Å². The highest BCUT2D eigenvalue weighted by atomic mass is 16.5. The summed E-state index contributed by atoms with van der Waals surface area (Å²) in [5.41, 5.74) is 1.56. The molecule has 1 aromatic rings. The lowest BCUT2D eigenvalue weighted by molar-refractivity contribution is 0.401. The Balaban J connectivity index is 2.27. The van der Waals surface area contributed by atoms with E-state index in [0.29, 0.717) is 5.41 Å². The Kier molecular flexibility index (Phi) is 1.10. The van der Waals surface area contributed by atoms with Crippen LogP contribution in [0.15, 0.2) is 16.9 Å². The largest absolute Gasteiger partial charge is 0.364 e. The summed E-state index contributed by atoms with van der Waals surface area (Å²) in [6.07, 6.45) is 5.43. The van der Waals surface area contributed by atoms with E-state index >= 15 is 0 Å². The van der Waals surface area contributed by atoms with Crippen LogP contribution in [-0.4, -0.2) is 5.16 Å². The molecule has 2 rings (SSSR count). The van der Waals surface area contributed by atoms with E-state index in [-0.39, 0.29) is 0 Å². The van der Waals surface area contributed by atoms with Crippen LogP contribution in [0.2, 0.25) is 0 Å². The fourth-order valence-electron chi connectivity index (χ4n) is 1.43. The Morgan fingerprint density at radius 3 is 2.90 bits per heavy atom. The summed E-state index contributed by atoms with van der Waals surface area (Å²) in [7, 11) is 0. The third kappa shape index (κ3) is 0.681. The number of nitrogens with zero attached hydrogens (tertiary/aromatic N) is 1. The predicted molar refractivity (Wildman–Crippen MR) is 37.7 cm³/mol. The van der Waals surface area contributed by atoms with E-state index in [4.69, 9.17) is 4.52 Å². The van der Waals surface area contributed by atoms with Crippen molar-refractivity contribution in [2.75, 3.05) is 0 Å². The van der Waals surface area contributed by atoms with Gasteiger partial charge in [-0.15, -0.1) is 0 Å². The summed E-state index contributed by atoms with van der Waals surface area (Å²) in [5, 5.41) is 3.95. The van der Waals surface area contributed by atoms with Gasteiger partial charge in [0.05, 0.1) is 5.69 Å². The van der Waals surface area contributed by atoms with Crippen LogP contribution in [0, 0.1) is 0 Å². The highest BCUT2D eigenvalue weighted by Gasteiger charge is 2.44. The molecule has 0 atom stereocenters. The van der Waals surface area contributed by atoms with Gasteiger partial charge in [-0.3, -0.25) is 0 Å². The Hall–Kier alpha value is -0.790. The van der Waals surface area contributed by atoms with Crippen molar-refractivity contribution in [3.8, 4) is 0 Å². The average Bonchev–Trinajstić information content (AvgIpc) is 2.58. The molecule has 0 amide bonds. The van der Waals surface area contributed by atoms with E-state index in [1.54, 1.807) is 6.26 Å². The molecule has 1 aliphatic rings. The fourth-order valence-corrected chi connectivity index (χ4v) is 1.43. The quantitative estimate of drug-likeness (QED) is 0.624. The lowest BCUT2D eigenvalue weighted by Crippen LogP contribution is -2.03. The minimum absolute atomic E-state index is 0.410. The minimum atomic E-state index is 0.410. The molecule has 1 aliphatic carbocycles. The van der Waals surface area contributed by atoms with Gasteiger partial charge in [0.15, 0.2) is 0 Å². The Labute approximate surface area is 60.2 Å². The zero-order valence-electron chi connectivity index (χ0n) is 6.13. The van der Waals surface area contributed by atoms with Crippen molar-refractivity contribution in [2.24, 2.45) is 0 Å². The maximum atomic E-state index is 4.79. The fraction of sp³-hybridized carbons (Fsp3) is 0.625. The van der Waals surface area contributed by atoms with E-state index in [1.165, 1.54) is 19.3 Å². The summed E-state index contributed by atoms with van der Waals surface area (Å²) in [6.45, 7) is 2.21. The summed E-state index contributed by atoms with van der Waals surface area (Å²) >= 11 is 0. The molecule has 0 radical (unpaired) electrons. The first-order valence-corrected chi connectivity index (χ1v) is 3.78. The molecule has 10 heavy (non-hydrogen) atoms. The van der Waals surface area contributed by atoms with E-state index in [0.717, 1.165) is 5.69 Å². The SMILES string of the molecule is CCC1(c2ccon2)CC1. The van der Waals surface area contributed by atoms with Crippen molar-refractivity contribution in [2.45, 2.75) is 31.6 Å². The van der Waals surface area contributed by atoms with Crippen LogP contribution >= 0.6 is 0 Å². The highest BCUT2D eigenvalue weighted by molar-refractivity contribution is 5.21. The highest BCUT2D eigenvalue weighted by Crippen LogP contribution is 2.49. The van der Waals surface area contributed by atoms with Crippen molar-refractivity contribution in [1.82, 2.24) is 5.16 Å². The molecule has 0 N–H and O–H groups in total. The van der Waals surface area contributed by atoms with Gasteiger partial charge in [0.1, 0.15) is 6.26 Å². The van der Waals surface area contributed by atoms with Gasteiger partial charge in [0.2, 0.25) is 0 Å². The molecule has 0 unspecified atom stereocenters. The molecule has 1 saturated carbocycles. The van der Waals surface area contributed by atoms with Gasteiger partial charge in [0, 0.05) is 11.5 Å². The van der Waals surface area contributed by atoms with Crippen LogP contribution in [0.4, 0.5) is 0 Å². The van der Waals surface area contributed by atoms with E-state index in [1.807, 2.05) is 6.07 Å². The van der Waals surface area contributed by atoms with E-state index < -0.39 is 0 Å². The van der Waals surface area contributed by atoms with Gasteiger partial charge in [0.25, 0.3) is 0 Å². The molecule has 2 heteroatoms. The zero-order valence-corrected chi connectivity index (χ0v) is 6.13. The molecular formula is C8H11NO. The third-order valence-corrected chi connectivity index (χ3v) is 2.51. The maximum absolute atomic E-state index is 4.79. The first-order chi connectivity index (χ1) is 4.87. The van der Waals surface area contributed by atoms with Gasteiger partial charge < -0.3 is 4.52 Å². The lowest BCUT2D eigenvalue weighted by Gasteiger charge is -2.04. The number of hydrogen-bond acceptors (Lipinski definition) is 2. The normalized spacial score (nSPS) is 20.9. The van der Waals surface area contributed by atoms with Gasteiger partial charge in [-0.05, 0) is 19.3 Å². The number of hydrogen-bond donors (Lipinski definition) is 0. The van der Waals surface area contributed by atoms with Gasteiger partial charge >= 0.3 is 0 Å². The molecule has 0 spiro atoms. The van der Waals surface area contributed by atoms with E-state index in [9.17, 15) is 0 Å². The van der Waals surface area contributed by atoms with Crippen molar-refractivity contribution in [3.05, 3.63) is 18.0 Å². The molecule has 1 heterocycles. The Bertz CT molecular complexity index is 211. The van der Waals surface area contributed by atoms with Crippen molar-refractivity contribution in [3.63, 3.8) is 0 Å². The topological polar surface area (TPSA) is 26.0 Å². The summed E-state index contributed by atoms with van der Waals surface area (Å²) in [5.74, 6) is 0. The van der Waals surface area contributed by atoms with Crippen molar-refractivity contribution in [1.29, 1.82) is 0 Å². The molecule has 54 valence electrons. The third-order valence-electron chi connectivity index (χ3n) is 2.51. The lowest BCUT2D eigenvalue weighted by atomic mass is 10.00. The molecule has 1 fully saturated rings. The molecule has 2 nitrogen and oxygen atoms in total. The summed E-state index contributed by atoms with van der Waals surface area (Å²) in [4.78, 5) is 0. The maximum Gasteiger partial charge on any atom is 0.124 e.